The van der Waals surface area contributed by atoms with E-state index in [1.807, 2.05) is 13.8 Å². The molecule has 1 aliphatic heterocycles. The van der Waals surface area contributed by atoms with Crippen LogP contribution in [-0.4, -0.2) is 23.8 Å². The lowest BCUT2D eigenvalue weighted by Gasteiger charge is -2.44. The smallest absolute Gasteiger partial charge is 0.338 e. The molecular weight excluding hydrogens is 441 g/mol. The Morgan fingerprint density at radius 1 is 1.18 bits per heavy atom. The van der Waals surface area contributed by atoms with Crippen molar-refractivity contribution in [2.45, 2.75) is 32.6 Å². The number of carbonyl (C=O) groups is 2. The summed E-state index contributed by atoms with van der Waals surface area (Å²) < 4.78 is 19.9. The van der Waals surface area contributed by atoms with Crippen molar-refractivity contribution >= 4 is 23.1 Å². The van der Waals surface area contributed by atoms with Crippen LogP contribution in [0.4, 0.5) is 15.8 Å². The van der Waals surface area contributed by atoms with E-state index in [-0.39, 0.29) is 35.0 Å². The molecule has 2 N–H and O–H groups in total. The number of benzene rings is 2. The Balaban J connectivity index is 2.03. The molecule has 1 heterocycles. The van der Waals surface area contributed by atoms with E-state index in [1.54, 1.807) is 6.07 Å². The highest BCUT2D eigenvalue weighted by Crippen LogP contribution is 2.50. The third-order valence-corrected chi connectivity index (χ3v) is 6.20. The van der Waals surface area contributed by atoms with Crippen molar-refractivity contribution in [1.29, 1.82) is 0 Å². The monoisotopic (exact) mass is 465 g/mol. The fourth-order valence-corrected chi connectivity index (χ4v) is 4.75. The van der Waals surface area contributed by atoms with Crippen LogP contribution in [0, 0.1) is 21.3 Å². The summed E-state index contributed by atoms with van der Waals surface area (Å²) in [4.78, 5) is 38.5. The number of nitrogens with two attached hydrogens (primary N) is 1. The van der Waals surface area contributed by atoms with Crippen LogP contribution in [0.1, 0.15) is 38.2 Å². The fourth-order valence-electron chi connectivity index (χ4n) is 4.75. The number of nitrogens with zero attached hydrogens (tertiary/aromatic N) is 2. The number of Topliss-reactive ketones (excluding diaryl/α,β-unsaturated/α-hetero) is 1. The second-order valence-electron chi connectivity index (χ2n) is 9.16. The molecule has 176 valence electrons. The van der Waals surface area contributed by atoms with Gasteiger partial charge in [0.2, 0.25) is 0 Å². The maximum atomic E-state index is 14.9. The van der Waals surface area contributed by atoms with Crippen LogP contribution >= 0.6 is 0 Å². The van der Waals surface area contributed by atoms with Gasteiger partial charge in [-0.05, 0) is 29.5 Å². The minimum absolute atomic E-state index is 0.0218. The van der Waals surface area contributed by atoms with Gasteiger partial charge < -0.3 is 10.5 Å². The highest BCUT2D eigenvalue weighted by molar-refractivity contribution is 6.05. The van der Waals surface area contributed by atoms with E-state index in [0.717, 1.165) is 0 Å². The van der Waals surface area contributed by atoms with Crippen LogP contribution in [0.15, 0.2) is 71.2 Å². The molecule has 0 saturated carbocycles. The van der Waals surface area contributed by atoms with Crippen LogP contribution in [0.2, 0.25) is 0 Å². The van der Waals surface area contributed by atoms with Crippen molar-refractivity contribution in [3.05, 3.63) is 92.7 Å². The minimum Gasteiger partial charge on any atom is -0.466 e. The van der Waals surface area contributed by atoms with Gasteiger partial charge in [0, 0.05) is 29.8 Å². The number of anilines is 1. The molecule has 0 aromatic heterocycles. The first-order valence-electron chi connectivity index (χ1n) is 10.7. The van der Waals surface area contributed by atoms with Gasteiger partial charge in [0.1, 0.15) is 11.6 Å². The lowest BCUT2D eigenvalue weighted by molar-refractivity contribution is -0.384. The van der Waals surface area contributed by atoms with E-state index in [4.69, 9.17) is 10.5 Å². The lowest BCUT2D eigenvalue weighted by Crippen LogP contribution is -2.44. The molecule has 0 unspecified atom stereocenters. The summed E-state index contributed by atoms with van der Waals surface area (Å²) in [5, 5.41) is 11.1. The summed E-state index contributed by atoms with van der Waals surface area (Å²) in [5.41, 5.74) is 7.35. The molecule has 1 aliphatic carbocycles. The molecule has 0 amide bonds. The van der Waals surface area contributed by atoms with Crippen molar-refractivity contribution in [2.75, 3.05) is 12.0 Å². The first kappa shape index (κ1) is 23.2. The molecule has 0 fully saturated rings. The maximum Gasteiger partial charge on any atom is 0.338 e. The number of carbonyl (C=O) groups excluding carboxylic acids is 2. The predicted octanol–water partition coefficient (Wildman–Crippen LogP) is 4.32. The van der Waals surface area contributed by atoms with Crippen molar-refractivity contribution in [2.24, 2.45) is 11.1 Å². The topological polar surface area (TPSA) is 116 Å². The maximum absolute atomic E-state index is 14.9. The Labute approximate surface area is 195 Å². The van der Waals surface area contributed by atoms with Gasteiger partial charge in [-0.1, -0.05) is 38.1 Å². The molecule has 0 bridgehead atoms. The third-order valence-electron chi connectivity index (χ3n) is 6.20. The Bertz CT molecular complexity index is 1260. The number of methoxy groups -OCH3 is 1. The van der Waals surface area contributed by atoms with Crippen LogP contribution in [0.25, 0.3) is 0 Å². The van der Waals surface area contributed by atoms with Gasteiger partial charge in [0.05, 0.1) is 29.2 Å². The number of nitro groups is 1. The molecule has 0 saturated heterocycles. The second-order valence-corrected chi connectivity index (χ2v) is 9.16. The minimum atomic E-state index is -0.908. The summed E-state index contributed by atoms with van der Waals surface area (Å²) in [6, 6.07) is 11.6. The van der Waals surface area contributed by atoms with Crippen molar-refractivity contribution < 1.29 is 23.6 Å². The van der Waals surface area contributed by atoms with E-state index in [0.29, 0.717) is 23.3 Å². The molecule has 4 rings (SSSR count). The third kappa shape index (κ3) is 3.83. The highest BCUT2D eigenvalue weighted by Gasteiger charge is 2.46. The van der Waals surface area contributed by atoms with Gasteiger partial charge >= 0.3 is 5.97 Å². The first-order valence-corrected chi connectivity index (χ1v) is 10.7. The fraction of sp³-hybridized carbons (Fsp3) is 0.280. The van der Waals surface area contributed by atoms with Gasteiger partial charge in [-0.3, -0.25) is 19.8 Å². The number of esters is 1. The number of hydrogen-bond acceptors (Lipinski definition) is 7. The zero-order chi connectivity index (χ0) is 24.8. The number of para-hydroxylation sites is 1. The Hall–Kier alpha value is -4.01. The Morgan fingerprint density at radius 3 is 2.41 bits per heavy atom. The predicted molar refractivity (Wildman–Crippen MR) is 123 cm³/mol. The average Bonchev–Trinajstić information content (AvgIpc) is 2.78. The van der Waals surface area contributed by atoms with E-state index in [1.165, 1.54) is 54.5 Å². The average molecular weight is 465 g/mol. The molecule has 8 nitrogen and oxygen atoms in total. The van der Waals surface area contributed by atoms with Crippen molar-refractivity contribution in [3.8, 4) is 0 Å². The van der Waals surface area contributed by atoms with Gasteiger partial charge in [-0.25, -0.2) is 9.18 Å². The molecular formula is C25H24FN3O5. The van der Waals surface area contributed by atoms with Gasteiger partial charge in [-0.2, -0.15) is 0 Å². The normalized spacial score (nSPS) is 19.7. The zero-order valence-electron chi connectivity index (χ0n) is 19.0. The lowest BCUT2D eigenvalue weighted by atomic mass is 9.68. The molecule has 2 aromatic carbocycles. The number of hydrogen-bond donors (Lipinski definition) is 1. The first-order chi connectivity index (χ1) is 16.1. The van der Waals surface area contributed by atoms with E-state index >= 15 is 0 Å². The standard InChI is InChI=1S/C25H24FN3O5/c1-25(2)12-18-21(19(30)13-25)20(14-8-10-15(11-9-14)29(32)33)22(24(31)34-3)23(27)28(18)17-7-5-4-6-16(17)26/h4-11,20H,12-13,27H2,1-3H3/t20-/m0/s1. The summed E-state index contributed by atoms with van der Waals surface area (Å²) in [6.45, 7) is 3.87. The zero-order valence-corrected chi connectivity index (χ0v) is 19.0. The largest absolute Gasteiger partial charge is 0.466 e. The van der Waals surface area contributed by atoms with Crippen molar-refractivity contribution in [1.82, 2.24) is 0 Å². The molecule has 2 aliphatic rings. The van der Waals surface area contributed by atoms with Crippen LogP contribution in [0.5, 0.6) is 0 Å². The number of nitro benzene ring substituents is 1. The number of non-ortho nitro benzene ring substituents is 1. The van der Waals surface area contributed by atoms with Crippen LogP contribution in [0.3, 0.4) is 0 Å². The second kappa shape index (κ2) is 8.40. The van der Waals surface area contributed by atoms with Gasteiger partial charge in [0.25, 0.3) is 5.69 Å². The molecule has 0 spiro atoms. The van der Waals surface area contributed by atoms with Crippen LogP contribution < -0.4 is 10.6 Å². The van der Waals surface area contributed by atoms with E-state index < -0.39 is 28.0 Å². The number of ketones is 1. The summed E-state index contributed by atoms with van der Waals surface area (Å²) in [7, 11) is 1.19. The number of allylic oxidation sites excluding steroid dienone is 2. The SMILES string of the molecule is COC(=O)C1=C(N)N(c2ccccc2F)C2=C(C(=O)CC(C)(C)C2)[C@@H]1c1ccc([N+](=O)[O-])cc1. The molecule has 9 heteroatoms. The molecule has 2 aromatic rings. The number of ether oxygens (including phenoxy) is 1. The van der Waals surface area contributed by atoms with Gasteiger partial charge in [-0.15, -0.1) is 0 Å². The summed E-state index contributed by atoms with van der Waals surface area (Å²) >= 11 is 0. The van der Waals surface area contributed by atoms with Crippen LogP contribution in [-0.2, 0) is 14.3 Å². The quantitative estimate of drug-likeness (QED) is 0.406. The summed E-state index contributed by atoms with van der Waals surface area (Å²) in [6.07, 6.45) is 0.621. The summed E-state index contributed by atoms with van der Waals surface area (Å²) in [5.74, 6) is -2.50. The molecule has 34 heavy (non-hydrogen) atoms. The Morgan fingerprint density at radius 2 is 1.82 bits per heavy atom. The molecule has 1 atom stereocenters. The Kier molecular flexibility index (Phi) is 5.72. The number of halogens is 1. The van der Waals surface area contributed by atoms with E-state index in [2.05, 4.69) is 0 Å². The van der Waals surface area contributed by atoms with Crippen molar-refractivity contribution in [3.63, 3.8) is 0 Å². The highest BCUT2D eigenvalue weighted by atomic mass is 19.1. The van der Waals surface area contributed by atoms with Gasteiger partial charge in [0.15, 0.2) is 5.78 Å². The molecule has 0 radical (unpaired) electrons. The van der Waals surface area contributed by atoms with E-state index in [9.17, 15) is 24.1 Å². The number of rotatable bonds is 4.